The van der Waals surface area contributed by atoms with Gasteiger partial charge in [0.2, 0.25) is 15.9 Å². The number of aryl methyl sites for hydroxylation is 1. The summed E-state index contributed by atoms with van der Waals surface area (Å²) in [5, 5.41) is 2.66. The fraction of sp³-hybridized carbons (Fsp3) is 0.500. The lowest BCUT2D eigenvalue weighted by Gasteiger charge is -2.18. The Morgan fingerprint density at radius 2 is 2.05 bits per heavy atom. The van der Waals surface area contributed by atoms with E-state index in [1.165, 1.54) is 13.1 Å². The SMILES string of the molecule is CCCNC(=O)CN(C)S(=O)(=O)c1ccc(CN)cc1C. The number of sulfonamides is 1. The van der Waals surface area contributed by atoms with Crippen LogP contribution in [0, 0.1) is 6.92 Å². The highest BCUT2D eigenvalue weighted by atomic mass is 32.2. The molecule has 3 N–H and O–H groups in total. The zero-order valence-electron chi connectivity index (χ0n) is 12.7. The topological polar surface area (TPSA) is 92.5 Å². The number of carbonyl (C=O) groups is 1. The number of carbonyl (C=O) groups excluding carboxylic acids is 1. The van der Waals surface area contributed by atoms with E-state index in [0.29, 0.717) is 18.7 Å². The van der Waals surface area contributed by atoms with Gasteiger partial charge in [-0.05, 0) is 30.5 Å². The van der Waals surface area contributed by atoms with Gasteiger partial charge in [-0.2, -0.15) is 4.31 Å². The number of nitrogens with zero attached hydrogens (tertiary/aromatic N) is 1. The highest BCUT2D eigenvalue weighted by molar-refractivity contribution is 7.89. The van der Waals surface area contributed by atoms with Crippen LogP contribution in [0.4, 0.5) is 0 Å². The average molecular weight is 313 g/mol. The van der Waals surface area contributed by atoms with Crippen LogP contribution in [0.25, 0.3) is 0 Å². The predicted octanol–water partition coefficient (Wildman–Crippen LogP) is 0.600. The van der Waals surface area contributed by atoms with E-state index < -0.39 is 10.0 Å². The summed E-state index contributed by atoms with van der Waals surface area (Å²) < 4.78 is 26.0. The van der Waals surface area contributed by atoms with Crippen LogP contribution < -0.4 is 11.1 Å². The molecule has 0 radical (unpaired) electrons. The van der Waals surface area contributed by atoms with Gasteiger partial charge in [0.15, 0.2) is 0 Å². The summed E-state index contributed by atoms with van der Waals surface area (Å²) in [6.07, 6.45) is 0.807. The second-order valence-electron chi connectivity index (χ2n) is 4.92. The lowest BCUT2D eigenvalue weighted by molar-refractivity contribution is -0.121. The Morgan fingerprint density at radius 3 is 2.57 bits per heavy atom. The maximum Gasteiger partial charge on any atom is 0.243 e. The number of rotatable bonds is 7. The lowest BCUT2D eigenvalue weighted by Crippen LogP contribution is -2.38. The molecule has 0 aromatic heterocycles. The first-order chi connectivity index (χ1) is 9.82. The van der Waals surface area contributed by atoms with Crippen molar-refractivity contribution in [3.05, 3.63) is 29.3 Å². The third-order valence-corrected chi connectivity index (χ3v) is 5.07. The van der Waals surface area contributed by atoms with E-state index in [0.717, 1.165) is 16.3 Å². The van der Waals surface area contributed by atoms with Crippen molar-refractivity contribution in [3.63, 3.8) is 0 Å². The molecule has 6 nitrogen and oxygen atoms in total. The molecule has 1 aromatic rings. The number of benzene rings is 1. The molecule has 0 aliphatic rings. The van der Waals surface area contributed by atoms with Gasteiger partial charge in [-0.25, -0.2) is 8.42 Å². The number of likely N-dealkylation sites (N-methyl/N-ethyl adjacent to an activating group) is 1. The standard InChI is InChI=1S/C14H23N3O3S/c1-4-7-16-14(18)10-17(3)21(19,20)13-6-5-12(9-15)8-11(13)2/h5-6,8H,4,7,9-10,15H2,1-3H3,(H,16,18). The van der Waals surface area contributed by atoms with Crippen LogP contribution in [0.3, 0.4) is 0 Å². The van der Waals surface area contributed by atoms with Crippen LogP contribution in [0.2, 0.25) is 0 Å². The smallest absolute Gasteiger partial charge is 0.243 e. The lowest BCUT2D eigenvalue weighted by atomic mass is 10.1. The van der Waals surface area contributed by atoms with Crippen molar-refractivity contribution in [2.45, 2.75) is 31.7 Å². The second-order valence-corrected chi connectivity index (χ2v) is 6.93. The molecule has 1 aromatic carbocycles. The Hall–Kier alpha value is -1.44. The van der Waals surface area contributed by atoms with E-state index in [4.69, 9.17) is 5.73 Å². The van der Waals surface area contributed by atoms with Crippen LogP contribution in [0.15, 0.2) is 23.1 Å². The van der Waals surface area contributed by atoms with Gasteiger partial charge in [0, 0.05) is 20.1 Å². The monoisotopic (exact) mass is 313 g/mol. The Bertz CT molecular complexity index is 599. The van der Waals surface area contributed by atoms with Crippen LogP contribution in [0.5, 0.6) is 0 Å². The first-order valence-electron chi connectivity index (χ1n) is 6.85. The quantitative estimate of drug-likeness (QED) is 0.771. The zero-order chi connectivity index (χ0) is 16.0. The molecule has 1 rings (SSSR count). The first-order valence-corrected chi connectivity index (χ1v) is 8.29. The van der Waals surface area contributed by atoms with E-state index in [2.05, 4.69) is 5.32 Å². The Morgan fingerprint density at radius 1 is 1.38 bits per heavy atom. The van der Waals surface area contributed by atoms with E-state index in [1.54, 1.807) is 19.1 Å². The fourth-order valence-electron chi connectivity index (χ4n) is 1.90. The number of hydrogen-bond donors (Lipinski definition) is 2. The van der Waals surface area contributed by atoms with Crippen LogP contribution in [-0.4, -0.2) is 38.8 Å². The molecular formula is C14H23N3O3S. The van der Waals surface area contributed by atoms with Gasteiger partial charge in [0.25, 0.3) is 0 Å². The van der Waals surface area contributed by atoms with Gasteiger partial charge < -0.3 is 11.1 Å². The number of nitrogens with one attached hydrogen (secondary N) is 1. The third kappa shape index (κ3) is 4.52. The Labute approximate surface area is 126 Å². The minimum atomic E-state index is -3.68. The molecule has 0 aliphatic carbocycles. The first kappa shape index (κ1) is 17.6. The van der Waals surface area contributed by atoms with Crippen molar-refractivity contribution < 1.29 is 13.2 Å². The highest BCUT2D eigenvalue weighted by Gasteiger charge is 2.24. The molecule has 7 heteroatoms. The van der Waals surface area contributed by atoms with Gasteiger partial charge >= 0.3 is 0 Å². The minimum Gasteiger partial charge on any atom is -0.355 e. The van der Waals surface area contributed by atoms with Crippen molar-refractivity contribution in [3.8, 4) is 0 Å². The van der Waals surface area contributed by atoms with Gasteiger partial charge in [-0.15, -0.1) is 0 Å². The van der Waals surface area contributed by atoms with E-state index in [9.17, 15) is 13.2 Å². The minimum absolute atomic E-state index is 0.194. The molecule has 0 bridgehead atoms. The summed E-state index contributed by atoms with van der Waals surface area (Å²) in [6, 6.07) is 4.97. The van der Waals surface area contributed by atoms with Crippen molar-refractivity contribution in [1.82, 2.24) is 9.62 Å². The van der Waals surface area contributed by atoms with E-state index >= 15 is 0 Å². The molecule has 0 heterocycles. The van der Waals surface area contributed by atoms with Gasteiger partial charge in [0.1, 0.15) is 0 Å². The number of hydrogen-bond acceptors (Lipinski definition) is 4. The zero-order valence-corrected chi connectivity index (χ0v) is 13.5. The van der Waals surface area contributed by atoms with Crippen LogP contribution in [-0.2, 0) is 21.4 Å². The molecule has 1 amide bonds. The van der Waals surface area contributed by atoms with Crippen LogP contribution in [0.1, 0.15) is 24.5 Å². The molecule has 0 spiro atoms. The molecule has 0 aliphatic heterocycles. The summed E-state index contributed by atoms with van der Waals surface area (Å²) in [4.78, 5) is 11.8. The molecule has 118 valence electrons. The molecule has 0 fully saturated rings. The summed E-state index contributed by atoms with van der Waals surface area (Å²) in [5.41, 5.74) is 7.03. The summed E-state index contributed by atoms with van der Waals surface area (Å²) in [7, 11) is -2.28. The Balaban J connectivity index is 2.92. The molecule has 0 saturated carbocycles. The molecule has 0 saturated heterocycles. The van der Waals surface area contributed by atoms with Gasteiger partial charge in [-0.3, -0.25) is 4.79 Å². The van der Waals surface area contributed by atoms with Crippen LogP contribution >= 0.6 is 0 Å². The summed E-state index contributed by atoms with van der Waals surface area (Å²) in [6.45, 7) is 4.36. The maximum absolute atomic E-state index is 12.5. The highest BCUT2D eigenvalue weighted by Crippen LogP contribution is 2.20. The van der Waals surface area contributed by atoms with Gasteiger partial charge in [-0.1, -0.05) is 19.1 Å². The summed E-state index contributed by atoms with van der Waals surface area (Å²) in [5.74, 6) is -0.306. The van der Waals surface area contributed by atoms with Crippen molar-refractivity contribution >= 4 is 15.9 Å². The molecular weight excluding hydrogens is 290 g/mol. The normalized spacial score (nSPS) is 11.7. The predicted molar refractivity (Wildman–Crippen MR) is 82.2 cm³/mol. The van der Waals surface area contributed by atoms with Crippen molar-refractivity contribution in [2.24, 2.45) is 5.73 Å². The van der Waals surface area contributed by atoms with E-state index in [-0.39, 0.29) is 17.3 Å². The number of nitrogens with two attached hydrogens (primary N) is 1. The van der Waals surface area contributed by atoms with Crippen molar-refractivity contribution in [2.75, 3.05) is 20.1 Å². The van der Waals surface area contributed by atoms with Crippen molar-refractivity contribution in [1.29, 1.82) is 0 Å². The Kier molecular flexibility index (Phi) is 6.32. The second kappa shape index (κ2) is 7.53. The molecule has 0 unspecified atom stereocenters. The molecule has 21 heavy (non-hydrogen) atoms. The summed E-state index contributed by atoms with van der Waals surface area (Å²) >= 11 is 0. The maximum atomic E-state index is 12.5. The molecule has 0 atom stereocenters. The van der Waals surface area contributed by atoms with E-state index in [1.807, 2.05) is 6.92 Å². The average Bonchev–Trinajstić information content (AvgIpc) is 2.44. The third-order valence-electron chi connectivity index (χ3n) is 3.10. The largest absolute Gasteiger partial charge is 0.355 e. The fourth-order valence-corrected chi connectivity index (χ4v) is 3.23. The number of amides is 1. The van der Waals surface area contributed by atoms with Gasteiger partial charge in [0.05, 0.1) is 11.4 Å².